The van der Waals surface area contributed by atoms with Crippen LogP contribution < -0.4 is 10.6 Å². The molecule has 2 aromatic carbocycles. The molecule has 2 amide bonds. The Hall–Kier alpha value is -2.71. The number of carbonyl (C=O) groups excluding carboxylic acids is 2. The lowest BCUT2D eigenvalue weighted by Crippen LogP contribution is -2.35. The summed E-state index contributed by atoms with van der Waals surface area (Å²) in [5.74, 6) is -0.327. The van der Waals surface area contributed by atoms with E-state index < -0.39 is 10.0 Å². The van der Waals surface area contributed by atoms with Crippen molar-refractivity contribution in [3.8, 4) is 0 Å². The molecular formula is C22H27N3O4S. The fraction of sp³-hybridized carbons (Fsp3) is 0.364. The Morgan fingerprint density at radius 3 is 2.17 bits per heavy atom. The van der Waals surface area contributed by atoms with Crippen LogP contribution in [0.5, 0.6) is 0 Å². The number of sulfonamides is 1. The Balaban J connectivity index is 1.53. The van der Waals surface area contributed by atoms with Gasteiger partial charge in [-0.1, -0.05) is 18.6 Å². The van der Waals surface area contributed by atoms with Gasteiger partial charge in [0.2, 0.25) is 15.9 Å². The maximum Gasteiger partial charge on any atom is 0.251 e. The predicted molar refractivity (Wildman–Crippen MR) is 116 cm³/mol. The van der Waals surface area contributed by atoms with E-state index >= 15 is 0 Å². The number of rotatable bonds is 7. The van der Waals surface area contributed by atoms with Crippen molar-refractivity contribution >= 4 is 27.5 Å². The third kappa shape index (κ3) is 5.46. The topological polar surface area (TPSA) is 95.6 Å². The lowest BCUT2D eigenvalue weighted by molar-refractivity contribution is -0.116. The van der Waals surface area contributed by atoms with E-state index in [4.69, 9.17) is 0 Å². The van der Waals surface area contributed by atoms with Crippen LogP contribution in [0.1, 0.15) is 41.6 Å². The first-order valence-corrected chi connectivity index (χ1v) is 11.6. The summed E-state index contributed by atoms with van der Waals surface area (Å²) in [7, 11) is -1.87. The van der Waals surface area contributed by atoms with Crippen molar-refractivity contribution in [1.82, 2.24) is 9.62 Å². The second-order valence-corrected chi connectivity index (χ2v) is 9.25. The summed E-state index contributed by atoms with van der Waals surface area (Å²) in [6.07, 6.45) is 3.66. The SMILES string of the molecule is CNC(=O)c1ccc(NC(=O)CCc2ccc(S(=O)(=O)N3CCCCC3)cc2)cc1. The molecular weight excluding hydrogens is 402 g/mol. The van der Waals surface area contributed by atoms with E-state index in [1.165, 1.54) is 0 Å². The number of benzene rings is 2. The summed E-state index contributed by atoms with van der Waals surface area (Å²) in [6, 6.07) is 13.4. The standard InChI is InChI=1S/C22H27N3O4S/c1-23-22(27)18-8-10-19(11-9-18)24-21(26)14-7-17-5-12-20(13-6-17)30(28,29)25-15-3-2-4-16-25/h5-6,8-13H,2-4,7,14-16H2,1H3,(H,23,27)(H,24,26). The van der Waals surface area contributed by atoms with Crippen LogP contribution in [0.3, 0.4) is 0 Å². The molecule has 8 heteroatoms. The number of hydrogen-bond donors (Lipinski definition) is 2. The van der Waals surface area contributed by atoms with E-state index in [1.54, 1.807) is 59.9 Å². The zero-order chi connectivity index (χ0) is 21.6. The van der Waals surface area contributed by atoms with Gasteiger partial charge in [0.25, 0.3) is 5.91 Å². The highest BCUT2D eigenvalue weighted by molar-refractivity contribution is 7.89. The zero-order valence-corrected chi connectivity index (χ0v) is 17.9. The van der Waals surface area contributed by atoms with Gasteiger partial charge in [0.1, 0.15) is 0 Å². The molecule has 1 aliphatic heterocycles. The third-order valence-corrected chi connectivity index (χ3v) is 7.09. The van der Waals surface area contributed by atoms with Gasteiger partial charge in [0.15, 0.2) is 0 Å². The van der Waals surface area contributed by atoms with Gasteiger partial charge in [-0.3, -0.25) is 9.59 Å². The molecule has 0 unspecified atom stereocenters. The van der Waals surface area contributed by atoms with Crippen LogP contribution >= 0.6 is 0 Å². The number of nitrogens with zero attached hydrogens (tertiary/aromatic N) is 1. The molecule has 3 rings (SSSR count). The van der Waals surface area contributed by atoms with Crippen molar-refractivity contribution in [2.75, 3.05) is 25.5 Å². The third-order valence-electron chi connectivity index (χ3n) is 5.17. The van der Waals surface area contributed by atoms with Gasteiger partial charge in [-0.15, -0.1) is 0 Å². The largest absolute Gasteiger partial charge is 0.355 e. The van der Waals surface area contributed by atoms with Crippen LogP contribution in [0.4, 0.5) is 5.69 Å². The van der Waals surface area contributed by atoms with Gasteiger partial charge >= 0.3 is 0 Å². The molecule has 0 saturated carbocycles. The summed E-state index contributed by atoms with van der Waals surface area (Å²) in [5.41, 5.74) is 2.04. The fourth-order valence-corrected chi connectivity index (χ4v) is 4.93. The second-order valence-electron chi connectivity index (χ2n) is 7.31. The minimum atomic E-state index is -3.44. The van der Waals surface area contributed by atoms with E-state index in [1.807, 2.05) is 0 Å². The van der Waals surface area contributed by atoms with Crippen molar-refractivity contribution < 1.29 is 18.0 Å². The van der Waals surface area contributed by atoms with E-state index in [0.29, 0.717) is 35.7 Å². The molecule has 0 aromatic heterocycles. The molecule has 0 atom stereocenters. The highest BCUT2D eigenvalue weighted by Crippen LogP contribution is 2.21. The Morgan fingerprint density at radius 1 is 0.933 bits per heavy atom. The highest BCUT2D eigenvalue weighted by Gasteiger charge is 2.25. The van der Waals surface area contributed by atoms with Crippen molar-refractivity contribution in [1.29, 1.82) is 0 Å². The van der Waals surface area contributed by atoms with Crippen LogP contribution in [-0.4, -0.2) is 44.7 Å². The van der Waals surface area contributed by atoms with E-state index in [2.05, 4.69) is 10.6 Å². The maximum atomic E-state index is 12.7. The Labute approximate surface area is 177 Å². The van der Waals surface area contributed by atoms with Crippen molar-refractivity contribution in [2.24, 2.45) is 0 Å². The van der Waals surface area contributed by atoms with Gasteiger partial charge < -0.3 is 10.6 Å². The molecule has 7 nitrogen and oxygen atoms in total. The lowest BCUT2D eigenvalue weighted by Gasteiger charge is -2.25. The fourth-order valence-electron chi connectivity index (χ4n) is 3.41. The summed E-state index contributed by atoms with van der Waals surface area (Å²) >= 11 is 0. The van der Waals surface area contributed by atoms with Gasteiger partial charge in [0, 0.05) is 37.8 Å². The minimum Gasteiger partial charge on any atom is -0.355 e. The molecule has 0 bridgehead atoms. The van der Waals surface area contributed by atoms with Crippen molar-refractivity contribution in [3.63, 3.8) is 0 Å². The monoisotopic (exact) mass is 429 g/mol. The number of carbonyl (C=O) groups is 2. The second kappa shape index (κ2) is 9.86. The first kappa shape index (κ1) is 22.0. The molecule has 2 N–H and O–H groups in total. The molecule has 1 heterocycles. The molecule has 2 aromatic rings. The first-order valence-electron chi connectivity index (χ1n) is 10.1. The smallest absolute Gasteiger partial charge is 0.251 e. The molecule has 160 valence electrons. The summed E-state index contributed by atoms with van der Waals surface area (Å²) in [4.78, 5) is 24.0. The van der Waals surface area contributed by atoms with Crippen LogP contribution in [0.2, 0.25) is 0 Å². The zero-order valence-electron chi connectivity index (χ0n) is 17.1. The summed E-state index contributed by atoms with van der Waals surface area (Å²) in [6.45, 7) is 1.16. The molecule has 1 aliphatic rings. The first-order chi connectivity index (χ1) is 14.4. The van der Waals surface area contributed by atoms with Crippen LogP contribution in [0.25, 0.3) is 0 Å². The molecule has 1 fully saturated rings. The Bertz CT molecular complexity index is 980. The van der Waals surface area contributed by atoms with Gasteiger partial charge in [-0.25, -0.2) is 8.42 Å². The summed E-state index contributed by atoms with van der Waals surface area (Å²) < 4.78 is 26.9. The van der Waals surface area contributed by atoms with Crippen LogP contribution in [0.15, 0.2) is 53.4 Å². The number of piperidine rings is 1. The average molecular weight is 430 g/mol. The van der Waals surface area contributed by atoms with Crippen molar-refractivity contribution in [2.45, 2.75) is 37.0 Å². The molecule has 0 radical (unpaired) electrons. The quantitative estimate of drug-likeness (QED) is 0.707. The number of hydrogen-bond acceptors (Lipinski definition) is 4. The number of anilines is 1. The Morgan fingerprint density at radius 2 is 1.57 bits per heavy atom. The van der Waals surface area contributed by atoms with Gasteiger partial charge in [-0.2, -0.15) is 4.31 Å². The van der Waals surface area contributed by atoms with Crippen LogP contribution in [0, 0.1) is 0 Å². The minimum absolute atomic E-state index is 0.146. The van der Waals surface area contributed by atoms with Crippen LogP contribution in [-0.2, 0) is 21.2 Å². The van der Waals surface area contributed by atoms with E-state index in [9.17, 15) is 18.0 Å². The summed E-state index contributed by atoms with van der Waals surface area (Å²) in [5, 5.41) is 5.35. The number of amides is 2. The van der Waals surface area contributed by atoms with Gasteiger partial charge in [-0.05, 0) is 61.2 Å². The maximum absolute atomic E-state index is 12.7. The van der Waals surface area contributed by atoms with Crippen molar-refractivity contribution in [3.05, 3.63) is 59.7 Å². The molecule has 0 spiro atoms. The average Bonchev–Trinajstić information content (AvgIpc) is 2.78. The van der Waals surface area contributed by atoms with E-state index in [0.717, 1.165) is 24.8 Å². The highest BCUT2D eigenvalue weighted by atomic mass is 32.2. The molecule has 0 aliphatic carbocycles. The predicted octanol–water partition coefficient (Wildman–Crippen LogP) is 2.79. The molecule has 30 heavy (non-hydrogen) atoms. The Kier molecular flexibility index (Phi) is 7.23. The molecule has 1 saturated heterocycles. The number of aryl methyl sites for hydroxylation is 1. The van der Waals surface area contributed by atoms with E-state index in [-0.39, 0.29) is 18.2 Å². The van der Waals surface area contributed by atoms with Gasteiger partial charge in [0.05, 0.1) is 4.90 Å². The number of nitrogens with one attached hydrogen (secondary N) is 2. The normalized spacial score (nSPS) is 14.8. The lowest BCUT2D eigenvalue weighted by atomic mass is 10.1.